The highest BCUT2D eigenvalue weighted by atomic mass is 15.1. The third-order valence-corrected chi connectivity index (χ3v) is 6.90. The highest BCUT2D eigenvalue weighted by molar-refractivity contribution is 5.78. The van der Waals surface area contributed by atoms with E-state index in [9.17, 15) is 0 Å². The average molecular weight is 465 g/mol. The molecular formula is C33H40N2. The second-order valence-corrected chi connectivity index (χ2v) is 10.3. The van der Waals surface area contributed by atoms with Gasteiger partial charge in [-0.15, -0.1) is 0 Å². The van der Waals surface area contributed by atoms with Gasteiger partial charge in [-0.3, -0.25) is 4.57 Å². The van der Waals surface area contributed by atoms with E-state index in [0.29, 0.717) is 11.8 Å². The van der Waals surface area contributed by atoms with Gasteiger partial charge in [-0.05, 0) is 47.4 Å². The molecule has 0 spiro atoms. The largest absolute Gasteiger partial charge is 0.296 e. The number of unbranched alkanes of at least 4 members (excludes halogenated alkanes) is 3. The molecule has 0 amide bonds. The van der Waals surface area contributed by atoms with E-state index in [0.717, 1.165) is 17.8 Å². The molecule has 182 valence electrons. The Morgan fingerprint density at radius 3 is 2.00 bits per heavy atom. The summed E-state index contributed by atoms with van der Waals surface area (Å²) in [4.78, 5) is 4.99. The van der Waals surface area contributed by atoms with Crippen LogP contribution < -0.4 is 0 Å². The van der Waals surface area contributed by atoms with Crippen LogP contribution in [-0.4, -0.2) is 9.55 Å². The Hall–Kier alpha value is -3.13. The van der Waals surface area contributed by atoms with Crippen molar-refractivity contribution >= 4 is 0 Å². The van der Waals surface area contributed by atoms with Crippen LogP contribution in [0.4, 0.5) is 0 Å². The molecular weight excluding hydrogens is 424 g/mol. The SMILES string of the molecule is CCCCCCc1cc(C(C)C)cc(-c2ccccc2)c1-n1c(C(C)C)cnc1-c1ccccc1. The third kappa shape index (κ3) is 5.59. The molecule has 35 heavy (non-hydrogen) atoms. The summed E-state index contributed by atoms with van der Waals surface area (Å²) in [6.45, 7) is 11.4. The van der Waals surface area contributed by atoms with Gasteiger partial charge in [0.15, 0.2) is 0 Å². The standard InChI is InChI=1S/C33H40N2/c1-6-7-8-11-20-28-21-29(24(2)3)22-30(26-16-12-9-13-17-26)32(28)35-31(25(4)5)23-34-33(35)27-18-14-10-15-19-27/h9-10,12-19,21-25H,6-8,11,20H2,1-5H3. The maximum Gasteiger partial charge on any atom is 0.144 e. The lowest BCUT2D eigenvalue weighted by molar-refractivity contribution is 0.664. The fraction of sp³-hybridized carbons (Fsp3) is 0.364. The van der Waals surface area contributed by atoms with E-state index in [1.165, 1.54) is 59.3 Å². The summed E-state index contributed by atoms with van der Waals surface area (Å²) < 4.78 is 2.46. The predicted molar refractivity (Wildman–Crippen MR) is 150 cm³/mol. The van der Waals surface area contributed by atoms with Crippen LogP contribution in [0.1, 0.15) is 89.0 Å². The Labute approximate surface area is 212 Å². The number of benzene rings is 3. The number of nitrogens with zero attached hydrogens (tertiary/aromatic N) is 2. The average Bonchev–Trinajstić information content (AvgIpc) is 3.32. The van der Waals surface area contributed by atoms with Crippen LogP contribution in [-0.2, 0) is 6.42 Å². The van der Waals surface area contributed by atoms with Gasteiger partial charge in [-0.1, -0.05) is 121 Å². The summed E-state index contributed by atoms with van der Waals surface area (Å²) in [6.07, 6.45) is 8.20. The van der Waals surface area contributed by atoms with Crippen molar-refractivity contribution in [2.45, 2.75) is 78.6 Å². The highest BCUT2D eigenvalue weighted by Gasteiger charge is 2.23. The van der Waals surface area contributed by atoms with Crippen LogP contribution in [0.25, 0.3) is 28.2 Å². The first-order valence-electron chi connectivity index (χ1n) is 13.4. The molecule has 4 rings (SSSR count). The number of aryl methyl sites for hydroxylation is 1. The summed E-state index contributed by atoms with van der Waals surface area (Å²) in [5, 5.41) is 0. The molecule has 4 aromatic rings. The minimum atomic E-state index is 0.362. The van der Waals surface area contributed by atoms with Crippen molar-refractivity contribution in [1.82, 2.24) is 9.55 Å². The van der Waals surface area contributed by atoms with Gasteiger partial charge in [-0.25, -0.2) is 4.98 Å². The maximum absolute atomic E-state index is 4.99. The zero-order chi connectivity index (χ0) is 24.8. The van der Waals surface area contributed by atoms with Crippen molar-refractivity contribution in [2.24, 2.45) is 0 Å². The van der Waals surface area contributed by atoms with E-state index in [1.807, 2.05) is 0 Å². The molecule has 0 atom stereocenters. The second-order valence-electron chi connectivity index (χ2n) is 10.3. The Kier molecular flexibility index (Phi) is 8.23. The van der Waals surface area contributed by atoms with Gasteiger partial charge < -0.3 is 0 Å². The van der Waals surface area contributed by atoms with Gasteiger partial charge >= 0.3 is 0 Å². The molecule has 0 aliphatic rings. The van der Waals surface area contributed by atoms with Crippen molar-refractivity contribution in [3.8, 4) is 28.2 Å². The van der Waals surface area contributed by atoms with E-state index >= 15 is 0 Å². The molecule has 2 nitrogen and oxygen atoms in total. The lowest BCUT2D eigenvalue weighted by Crippen LogP contribution is -2.10. The Morgan fingerprint density at radius 2 is 1.40 bits per heavy atom. The molecule has 0 aliphatic carbocycles. The van der Waals surface area contributed by atoms with Crippen LogP contribution >= 0.6 is 0 Å². The van der Waals surface area contributed by atoms with Crippen molar-refractivity contribution in [3.63, 3.8) is 0 Å². The van der Waals surface area contributed by atoms with Crippen molar-refractivity contribution < 1.29 is 0 Å². The minimum absolute atomic E-state index is 0.362. The predicted octanol–water partition coefficient (Wildman–Crippen LogP) is 9.58. The number of imidazole rings is 1. The van der Waals surface area contributed by atoms with Crippen LogP contribution in [0.3, 0.4) is 0 Å². The van der Waals surface area contributed by atoms with E-state index in [1.54, 1.807) is 0 Å². The van der Waals surface area contributed by atoms with Crippen molar-refractivity contribution in [1.29, 1.82) is 0 Å². The van der Waals surface area contributed by atoms with Gasteiger partial charge in [0.1, 0.15) is 5.82 Å². The summed E-state index contributed by atoms with van der Waals surface area (Å²) in [5.74, 6) is 1.86. The lowest BCUT2D eigenvalue weighted by Gasteiger charge is -2.24. The Morgan fingerprint density at radius 1 is 0.743 bits per heavy atom. The van der Waals surface area contributed by atoms with Gasteiger partial charge in [0.2, 0.25) is 0 Å². The molecule has 0 bridgehead atoms. The van der Waals surface area contributed by atoms with Crippen molar-refractivity contribution in [3.05, 3.63) is 95.8 Å². The Balaban J connectivity index is 2.03. The molecule has 1 aromatic heterocycles. The van der Waals surface area contributed by atoms with Gasteiger partial charge in [0.25, 0.3) is 0 Å². The second kappa shape index (κ2) is 11.5. The van der Waals surface area contributed by atoms with Gasteiger partial charge in [0.05, 0.1) is 5.69 Å². The smallest absolute Gasteiger partial charge is 0.144 e. The highest BCUT2D eigenvalue weighted by Crippen LogP contribution is 2.38. The minimum Gasteiger partial charge on any atom is -0.296 e. The summed E-state index contributed by atoms with van der Waals surface area (Å²) >= 11 is 0. The topological polar surface area (TPSA) is 17.8 Å². The fourth-order valence-electron chi connectivity index (χ4n) is 4.89. The summed E-state index contributed by atoms with van der Waals surface area (Å²) in [5.41, 5.74) is 9.13. The van der Waals surface area contributed by atoms with Gasteiger partial charge in [-0.2, -0.15) is 0 Å². The van der Waals surface area contributed by atoms with Gasteiger partial charge in [0, 0.05) is 23.0 Å². The summed E-state index contributed by atoms with van der Waals surface area (Å²) in [7, 11) is 0. The zero-order valence-corrected chi connectivity index (χ0v) is 22.1. The first-order valence-corrected chi connectivity index (χ1v) is 13.4. The number of aromatic nitrogens is 2. The quantitative estimate of drug-likeness (QED) is 0.214. The molecule has 0 N–H and O–H groups in total. The first-order chi connectivity index (χ1) is 17.0. The molecule has 3 aromatic carbocycles. The fourth-order valence-corrected chi connectivity index (χ4v) is 4.89. The first kappa shape index (κ1) is 25.0. The molecule has 0 saturated carbocycles. The number of hydrogen-bond donors (Lipinski definition) is 0. The molecule has 0 unspecified atom stereocenters. The Bertz CT molecular complexity index is 1220. The van der Waals surface area contributed by atoms with Crippen LogP contribution in [0.2, 0.25) is 0 Å². The molecule has 2 heteroatoms. The van der Waals surface area contributed by atoms with Crippen molar-refractivity contribution in [2.75, 3.05) is 0 Å². The molecule has 0 aliphatic heterocycles. The molecule has 0 radical (unpaired) electrons. The zero-order valence-electron chi connectivity index (χ0n) is 22.1. The number of hydrogen-bond acceptors (Lipinski definition) is 1. The van der Waals surface area contributed by atoms with Crippen LogP contribution in [0.5, 0.6) is 0 Å². The lowest BCUT2D eigenvalue weighted by atomic mass is 9.90. The van der Waals surface area contributed by atoms with E-state index < -0.39 is 0 Å². The van der Waals surface area contributed by atoms with E-state index in [2.05, 4.69) is 118 Å². The van der Waals surface area contributed by atoms with Crippen LogP contribution in [0.15, 0.2) is 79.0 Å². The monoisotopic (exact) mass is 464 g/mol. The normalized spacial score (nSPS) is 11.5. The molecule has 0 fully saturated rings. The molecule has 1 heterocycles. The maximum atomic E-state index is 4.99. The van der Waals surface area contributed by atoms with Crippen LogP contribution in [0, 0.1) is 0 Å². The third-order valence-electron chi connectivity index (χ3n) is 6.90. The van der Waals surface area contributed by atoms with E-state index in [-0.39, 0.29) is 0 Å². The summed E-state index contributed by atoms with van der Waals surface area (Å²) in [6, 6.07) is 26.4. The van der Waals surface area contributed by atoms with E-state index in [4.69, 9.17) is 4.98 Å². The molecule has 0 saturated heterocycles. The number of rotatable bonds is 10.